The lowest BCUT2D eigenvalue weighted by molar-refractivity contribution is 0.793. The molecule has 2 heterocycles. The maximum Gasteiger partial charge on any atom is 0.252 e. The number of para-hydroxylation sites is 5. The van der Waals surface area contributed by atoms with Crippen molar-refractivity contribution in [3.63, 3.8) is 0 Å². The van der Waals surface area contributed by atoms with Gasteiger partial charge in [-0.3, -0.25) is 0 Å². The molecule has 0 saturated heterocycles. The maximum atomic E-state index is 2.60. The predicted octanol–water partition coefficient (Wildman–Crippen LogP) is 13.9. The standard InChI is InChI=1S/C62H42BN3/c1-41-36-59-61-60(37-41)66(45-26-12-5-13-27-45)58-40-54-50(39-56(58)63(61)55-32-18-19-33-57(55)65(59)44-24-10-4-11-25-44)48-29-15-17-31-52(48)62(54)51-30-16-14-28-47(51)49-35-34-46(38-53(49)62)64(42-20-6-2-7-21-42)43-22-8-3-9-23-43/h2-40H,1H3. The molecular formula is C62H42BN3. The molecule has 1 spiro atoms. The van der Waals surface area contributed by atoms with Crippen LogP contribution in [0.15, 0.2) is 237 Å². The fourth-order valence-corrected chi connectivity index (χ4v) is 12.2. The minimum atomic E-state index is -0.573. The summed E-state index contributed by atoms with van der Waals surface area (Å²) >= 11 is 0. The zero-order valence-corrected chi connectivity index (χ0v) is 36.4. The number of rotatable bonds is 5. The van der Waals surface area contributed by atoms with Crippen LogP contribution < -0.4 is 31.1 Å². The van der Waals surface area contributed by atoms with E-state index in [1.54, 1.807) is 0 Å². The Morgan fingerprint density at radius 1 is 0.348 bits per heavy atom. The van der Waals surface area contributed by atoms with E-state index in [1.807, 2.05) is 0 Å². The fraction of sp³-hybridized carbons (Fsp3) is 0.0323. The lowest BCUT2D eigenvalue weighted by atomic mass is 9.33. The first-order chi connectivity index (χ1) is 32.7. The Labute approximate surface area is 386 Å². The van der Waals surface area contributed by atoms with Crippen LogP contribution in [-0.4, -0.2) is 6.71 Å². The van der Waals surface area contributed by atoms with Crippen molar-refractivity contribution >= 4 is 74.3 Å². The number of hydrogen-bond donors (Lipinski definition) is 0. The van der Waals surface area contributed by atoms with Gasteiger partial charge < -0.3 is 14.7 Å². The molecule has 0 aromatic heterocycles. The molecule has 2 aliphatic heterocycles. The van der Waals surface area contributed by atoms with Gasteiger partial charge in [-0.25, -0.2) is 0 Å². The number of nitrogens with zero attached hydrogens (tertiary/aromatic N) is 3. The van der Waals surface area contributed by atoms with E-state index in [0.717, 1.165) is 28.4 Å². The lowest BCUT2D eigenvalue weighted by Crippen LogP contribution is -2.61. The molecule has 1 atom stereocenters. The van der Waals surface area contributed by atoms with Crippen molar-refractivity contribution in [2.45, 2.75) is 12.3 Å². The quantitative estimate of drug-likeness (QED) is 0.160. The second-order valence-electron chi connectivity index (χ2n) is 18.1. The van der Waals surface area contributed by atoms with Crippen molar-refractivity contribution < 1.29 is 0 Å². The second-order valence-corrected chi connectivity index (χ2v) is 18.1. The number of hydrogen-bond acceptors (Lipinski definition) is 3. The molecule has 66 heavy (non-hydrogen) atoms. The van der Waals surface area contributed by atoms with Crippen LogP contribution in [0.5, 0.6) is 0 Å². The molecule has 10 aromatic carbocycles. The second kappa shape index (κ2) is 14.1. The van der Waals surface area contributed by atoms with Gasteiger partial charge in [0.05, 0.1) is 5.41 Å². The van der Waals surface area contributed by atoms with Crippen molar-refractivity contribution in [3.05, 3.63) is 264 Å². The van der Waals surface area contributed by atoms with Crippen LogP contribution >= 0.6 is 0 Å². The maximum absolute atomic E-state index is 2.60. The van der Waals surface area contributed by atoms with E-state index in [2.05, 4.69) is 258 Å². The van der Waals surface area contributed by atoms with Gasteiger partial charge in [-0.1, -0.05) is 152 Å². The summed E-state index contributed by atoms with van der Waals surface area (Å²) in [4.78, 5) is 7.46. The topological polar surface area (TPSA) is 9.72 Å². The largest absolute Gasteiger partial charge is 0.311 e. The summed E-state index contributed by atoms with van der Waals surface area (Å²) in [6, 6.07) is 88.2. The van der Waals surface area contributed by atoms with Crippen molar-refractivity contribution in [2.75, 3.05) is 14.7 Å². The Morgan fingerprint density at radius 2 is 0.833 bits per heavy atom. The van der Waals surface area contributed by atoms with Crippen LogP contribution in [0.2, 0.25) is 0 Å². The molecule has 308 valence electrons. The van der Waals surface area contributed by atoms with Gasteiger partial charge in [0, 0.05) is 51.2 Å². The fourth-order valence-electron chi connectivity index (χ4n) is 12.2. The van der Waals surface area contributed by atoms with Crippen molar-refractivity contribution in [2.24, 2.45) is 0 Å². The molecule has 0 fully saturated rings. The molecule has 1 unspecified atom stereocenters. The van der Waals surface area contributed by atoms with Gasteiger partial charge in [0.15, 0.2) is 0 Å². The average Bonchev–Trinajstić information content (AvgIpc) is 3.83. The number of fused-ring (bicyclic) bond motifs is 14. The number of benzene rings is 10. The monoisotopic (exact) mass is 839 g/mol. The van der Waals surface area contributed by atoms with Crippen LogP contribution in [-0.2, 0) is 5.41 Å². The Hall–Kier alpha value is -8.34. The highest BCUT2D eigenvalue weighted by Gasteiger charge is 2.53. The molecule has 14 rings (SSSR count). The van der Waals surface area contributed by atoms with Crippen molar-refractivity contribution in [1.29, 1.82) is 0 Å². The van der Waals surface area contributed by atoms with Crippen LogP contribution in [0.1, 0.15) is 27.8 Å². The Morgan fingerprint density at radius 3 is 1.45 bits per heavy atom. The normalized spacial score (nSPS) is 15.3. The van der Waals surface area contributed by atoms with Crippen LogP contribution in [0.4, 0.5) is 51.2 Å². The molecule has 0 saturated carbocycles. The first-order valence-electron chi connectivity index (χ1n) is 23.1. The Balaban J connectivity index is 1.08. The third-order valence-electron chi connectivity index (χ3n) is 14.6. The van der Waals surface area contributed by atoms with Crippen molar-refractivity contribution in [3.8, 4) is 22.3 Å². The van der Waals surface area contributed by atoms with Gasteiger partial charge >= 0.3 is 0 Å². The summed E-state index contributed by atoms with van der Waals surface area (Å²) in [6.07, 6.45) is 0. The summed E-state index contributed by atoms with van der Waals surface area (Å²) in [6.45, 7) is 2.26. The third kappa shape index (κ3) is 5.04. The highest BCUT2D eigenvalue weighted by atomic mass is 15.2. The molecule has 0 radical (unpaired) electrons. The van der Waals surface area contributed by atoms with Crippen LogP contribution in [0, 0.1) is 6.92 Å². The van der Waals surface area contributed by atoms with Gasteiger partial charge in [0.2, 0.25) is 0 Å². The predicted molar refractivity (Wildman–Crippen MR) is 276 cm³/mol. The first kappa shape index (κ1) is 37.1. The molecule has 0 bridgehead atoms. The van der Waals surface area contributed by atoms with E-state index in [-0.39, 0.29) is 6.71 Å². The van der Waals surface area contributed by atoms with E-state index >= 15 is 0 Å². The van der Waals surface area contributed by atoms with Gasteiger partial charge in [0.25, 0.3) is 6.71 Å². The van der Waals surface area contributed by atoms with E-state index in [1.165, 1.54) is 89.2 Å². The summed E-state index contributed by atoms with van der Waals surface area (Å²) in [7, 11) is 0. The minimum Gasteiger partial charge on any atom is -0.311 e. The van der Waals surface area contributed by atoms with Crippen LogP contribution in [0.3, 0.4) is 0 Å². The smallest absolute Gasteiger partial charge is 0.252 e. The molecule has 2 aliphatic carbocycles. The highest BCUT2D eigenvalue weighted by Crippen LogP contribution is 2.64. The van der Waals surface area contributed by atoms with Gasteiger partial charge in [0.1, 0.15) is 0 Å². The number of aryl methyl sites for hydroxylation is 1. The average molecular weight is 840 g/mol. The lowest BCUT2D eigenvalue weighted by Gasteiger charge is -2.45. The summed E-state index contributed by atoms with van der Waals surface area (Å²) in [5.74, 6) is 0. The first-order valence-corrected chi connectivity index (χ1v) is 23.1. The van der Waals surface area contributed by atoms with E-state index in [4.69, 9.17) is 0 Å². The molecule has 4 heteroatoms. The summed E-state index contributed by atoms with van der Waals surface area (Å²) in [5, 5.41) is 0. The number of anilines is 9. The van der Waals surface area contributed by atoms with Gasteiger partial charge in [-0.15, -0.1) is 0 Å². The molecule has 10 aromatic rings. The Kier molecular flexibility index (Phi) is 7.91. The molecular weight excluding hydrogens is 798 g/mol. The molecule has 4 aliphatic rings. The summed E-state index contributed by atoms with van der Waals surface area (Å²) in [5.41, 5.74) is 25.7. The minimum absolute atomic E-state index is 0.00999. The molecule has 0 N–H and O–H groups in total. The summed E-state index contributed by atoms with van der Waals surface area (Å²) < 4.78 is 0. The van der Waals surface area contributed by atoms with E-state index in [0.29, 0.717) is 0 Å². The SMILES string of the molecule is Cc1cc2c3c(c1)N(c1ccccc1)c1cc4c(cc1B3c1ccccc1N2c1ccccc1)-c1ccccc1C41c2ccccc2-c2ccc(N(c3ccccc3)c3ccccc3)cc21. The van der Waals surface area contributed by atoms with E-state index in [9.17, 15) is 0 Å². The van der Waals surface area contributed by atoms with Crippen molar-refractivity contribution in [1.82, 2.24) is 0 Å². The van der Waals surface area contributed by atoms with Gasteiger partial charge in [-0.2, -0.15) is 0 Å². The highest BCUT2D eigenvalue weighted by molar-refractivity contribution is 7.00. The van der Waals surface area contributed by atoms with E-state index < -0.39 is 5.41 Å². The molecule has 0 amide bonds. The third-order valence-corrected chi connectivity index (χ3v) is 14.6. The Bertz CT molecular complexity index is 3530. The molecule has 3 nitrogen and oxygen atoms in total. The zero-order chi connectivity index (χ0) is 43.5. The zero-order valence-electron chi connectivity index (χ0n) is 36.4. The van der Waals surface area contributed by atoms with Gasteiger partial charge in [-0.05, 0) is 158 Å². The van der Waals surface area contributed by atoms with Crippen LogP contribution in [0.25, 0.3) is 22.3 Å².